The molecule has 9 heteroatoms. The number of anilines is 2. The van der Waals surface area contributed by atoms with Crippen LogP contribution in [0.3, 0.4) is 0 Å². The molecule has 0 spiro atoms. The van der Waals surface area contributed by atoms with Crippen molar-refractivity contribution in [3.05, 3.63) is 52.0 Å². The molecule has 1 fully saturated rings. The first-order valence-corrected chi connectivity index (χ1v) is 10.4. The Kier molecular flexibility index (Phi) is 5.70. The van der Waals surface area contributed by atoms with Gasteiger partial charge in [-0.15, -0.1) is 11.3 Å². The van der Waals surface area contributed by atoms with Gasteiger partial charge in [-0.2, -0.15) is 5.26 Å². The first-order valence-electron chi connectivity index (χ1n) is 9.57. The summed E-state index contributed by atoms with van der Waals surface area (Å²) in [6, 6.07) is 9.53. The minimum Gasteiger partial charge on any atom is -0.336 e. The fourth-order valence-corrected chi connectivity index (χ4v) is 3.94. The lowest BCUT2D eigenvalue weighted by molar-refractivity contribution is 0.0664. The molecule has 0 atom stereocenters. The van der Waals surface area contributed by atoms with E-state index in [0.717, 1.165) is 37.4 Å². The quantitative estimate of drug-likeness (QED) is 0.694. The third-order valence-electron chi connectivity index (χ3n) is 4.94. The highest BCUT2D eigenvalue weighted by atomic mass is 32.1. The molecule has 1 aliphatic heterocycles. The Morgan fingerprint density at radius 3 is 2.77 bits per heavy atom. The van der Waals surface area contributed by atoms with Crippen LogP contribution >= 0.6 is 11.3 Å². The second-order valence-corrected chi connectivity index (χ2v) is 8.07. The van der Waals surface area contributed by atoms with Crippen molar-refractivity contribution in [3.63, 3.8) is 0 Å². The van der Waals surface area contributed by atoms with Crippen LogP contribution in [-0.4, -0.2) is 63.9 Å². The van der Waals surface area contributed by atoms with Crippen LogP contribution in [0, 0.1) is 18.3 Å². The number of aromatic nitrogens is 3. The number of rotatable bonds is 4. The third kappa shape index (κ3) is 4.30. The fourth-order valence-electron chi connectivity index (χ4n) is 3.36. The normalized spacial score (nSPS) is 14.4. The summed E-state index contributed by atoms with van der Waals surface area (Å²) < 4.78 is 0. The molecule has 3 heterocycles. The van der Waals surface area contributed by atoms with Crippen LogP contribution in [0.2, 0.25) is 0 Å². The Balaban J connectivity index is 1.56. The van der Waals surface area contributed by atoms with Crippen molar-refractivity contribution < 1.29 is 4.79 Å². The summed E-state index contributed by atoms with van der Waals surface area (Å²) >= 11 is 1.28. The lowest BCUT2D eigenvalue weighted by Crippen LogP contribution is -2.47. The van der Waals surface area contributed by atoms with E-state index in [0.29, 0.717) is 27.8 Å². The second kappa shape index (κ2) is 8.57. The van der Waals surface area contributed by atoms with Crippen LogP contribution < -0.4 is 5.32 Å². The molecular formula is C21H21N7OS. The molecular weight excluding hydrogens is 398 g/mol. The summed E-state index contributed by atoms with van der Waals surface area (Å²) in [5.41, 5.74) is 5.10. The van der Waals surface area contributed by atoms with Gasteiger partial charge in [-0.05, 0) is 43.8 Å². The van der Waals surface area contributed by atoms with Crippen LogP contribution in [0.4, 0.5) is 11.6 Å². The number of carbonyl (C=O) groups is 1. The molecule has 3 aromatic rings. The van der Waals surface area contributed by atoms with Crippen molar-refractivity contribution in [2.75, 3.05) is 38.5 Å². The number of benzene rings is 1. The molecule has 1 amide bonds. The zero-order valence-electron chi connectivity index (χ0n) is 16.8. The van der Waals surface area contributed by atoms with Gasteiger partial charge in [0.1, 0.15) is 16.6 Å². The fraction of sp³-hybridized carbons (Fsp3) is 0.286. The number of piperazine rings is 1. The summed E-state index contributed by atoms with van der Waals surface area (Å²) in [6.07, 6.45) is 1.62. The van der Waals surface area contributed by atoms with E-state index in [1.54, 1.807) is 17.8 Å². The molecule has 1 saturated heterocycles. The van der Waals surface area contributed by atoms with E-state index in [1.165, 1.54) is 11.3 Å². The zero-order valence-corrected chi connectivity index (χ0v) is 17.6. The molecule has 30 heavy (non-hydrogen) atoms. The average Bonchev–Trinajstić information content (AvgIpc) is 3.22. The van der Waals surface area contributed by atoms with Gasteiger partial charge in [0.25, 0.3) is 5.91 Å². The summed E-state index contributed by atoms with van der Waals surface area (Å²) in [4.78, 5) is 30.6. The van der Waals surface area contributed by atoms with E-state index >= 15 is 0 Å². The number of hydrogen-bond donors (Lipinski definition) is 1. The maximum absolute atomic E-state index is 13.0. The molecule has 0 unspecified atom stereocenters. The Bertz CT molecular complexity index is 1110. The highest BCUT2D eigenvalue weighted by Gasteiger charge is 2.21. The van der Waals surface area contributed by atoms with Gasteiger partial charge in [0.2, 0.25) is 5.95 Å². The van der Waals surface area contributed by atoms with Crippen LogP contribution in [0.25, 0.3) is 11.4 Å². The average molecular weight is 420 g/mol. The number of nitriles is 1. The Labute approximate surface area is 178 Å². The number of aryl methyl sites for hydroxylation is 1. The lowest BCUT2D eigenvalue weighted by Gasteiger charge is -2.32. The van der Waals surface area contributed by atoms with Gasteiger partial charge < -0.3 is 15.1 Å². The molecule has 0 saturated carbocycles. The van der Waals surface area contributed by atoms with E-state index in [-0.39, 0.29) is 5.91 Å². The van der Waals surface area contributed by atoms with Crippen molar-refractivity contribution in [2.45, 2.75) is 6.92 Å². The first kappa shape index (κ1) is 19.9. The SMILES string of the molecule is Cc1cc(Nc2nccc(-c3ncsc3C#N)n2)cc(C(=O)N2CCN(C)CC2)c1. The number of amides is 1. The second-order valence-electron chi connectivity index (χ2n) is 7.22. The summed E-state index contributed by atoms with van der Waals surface area (Å²) in [6.45, 7) is 5.17. The molecule has 152 valence electrons. The zero-order chi connectivity index (χ0) is 21.1. The van der Waals surface area contributed by atoms with E-state index in [4.69, 9.17) is 0 Å². The Morgan fingerprint density at radius 1 is 1.20 bits per heavy atom. The Hall–Kier alpha value is -3.35. The molecule has 2 aromatic heterocycles. The molecule has 1 aromatic carbocycles. The first-order chi connectivity index (χ1) is 14.5. The predicted octanol–water partition coefficient (Wildman–Crippen LogP) is 2.91. The van der Waals surface area contributed by atoms with Crippen LogP contribution in [-0.2, 0) is 0 Å². The molecule has 0 aliphatic carbocycles. The minimum atomic E-state index is 0.0330. The van der Waals surface area contributed by atoms with Crippen molar-refractivity contribution in [2.24, 2.45) is 0 Å². The van der Waals surface area contributed by atoms with Gasteiger partial charge >= 0.3 is 0 Å². The summed E-state index contributed by atoms with van der Waals surface area (Å²) in [5.74, 6) is 0.415. The number of likely N-dealkylation sites (N-methyl/N-ethyl adjacent to an activating group) is 1. The van der Waals surface area contributed by atoms with Crippen molar-refractivity contribution in [3.8, 4) is 17.5 Å². The number of hydrogen-bond acceptors (Lipinski definition) is 8. The van der Waals surface area contributed by atoms with Gasteiger partial charge in [-0.3, -0.25) is 4.79 Å². The monoisotopic (exact) mass is 419 g/mol. The number of nitrogens with one attached hydrogen (secondary N) is 1. The number of thiazole rings is 1. The highest BCUT2D eigenvalue weighted by Crippen LogP contribution is 2.25. The standard InChI is InChI=1S/C21H21N7OS/c1-14-9-15(20(29)28-7-5-27(2)6-8-28)11-16(10-14)25-21-23-4-3-17(26-21)19-18(12-22)30-13-24-19/h3-4,9-11,13H,5-8H2,1-2H3,(H,23,25,26). The van der Waals surface area contributed by atoms with E-state index in [1.807, 2.05) is 30.0 Å². The van der Waals surface area contributed by atoms with Crippen molar-refractivity contribution in [1.29, 1.82) is 5.26 Å². The van der Waals surface area contributed by atoms with Gasteiger partial charge in [0, 0.05) is 43.6 Å². The minimum absolute atomic E-state index is 0.0330. The molecule has 1 aliphatic rings. The van der Waals surface area contributed by atoms with Crippen LogP contribution in [0.5, 0.6) is 0 Å². The van der Waals surface area contributed by atoms with Crippen molar-refractivity contribution in [1.82, 2.24) is 24.8 Å². The third-order valence-corrected chi connectivity index (χ3v) is 5.67. The smallest absolute Gasteiger partial charge is 0.254 e. The maximum Gasteiger partial charge on any atom is 0.254 e. The van der Waals surface area contributed by atoms with Gasteiger partial charge in [0.05, 0.1) is 11.2 Å². The predicted molar refractivity (Wildman–Crippen MR) is 116 cm³/mol. The molecule has 4 rings (SSSR count). The Morgan fingerprint density at radius 2 is 2.00 bits per heavy atom. The van der Waals surface area contributed by atoms with Crippen molar-refractivity contribution >= 4 is 28.9 Å². The maximum atomic E-state index is 13.0. The largest absolute Gasteiger partial charge is 0.336 e. The van der Waals surface area contributed by atoms with Gasteiger partial charge in [0.15, 0.2) is 0 Å². The van der Waals surface area contributed by atoms with Crippen LogP contribution in [0.15, 0.2) is 36.0 Å². The summed E-state index contributed by atoms with van der Waals surface area (Å²) in [5, 5.41) is 12.4. The van der Waals surface area contributed by atoms with Crippen LogP contribution in [0.1, 0.15) is 20.8 Å². The summed E-state index contributed by atoms with van der Waals surface area (Å²) in [7, 11) is 2.07. The molecule has 1 N–H and O–H groups in total. The number of carbonyl (C=O) groups excluding carboxylic acids is 1. The van der Waals surface area contributed by atoms with Gasteiger partial charge in [-0.25, -0.2) is 15.0 Å². The topological polar surface area (TPSA) is 98.0 Å². The molecule has 8 nitrogen and oxygen atoms in total. The highest BCUT2D eigenvalue weighted by molar-refractivity contribution is 7.10. The van der Waals surface area contributed by atoms with Gasteiger partial charge in [-0.1, -0.05) is 0 Å². The lowest BCUT2D eigenvalue weighted by atomic mass is 10.1. The number of nitrogens with zero attached hydrogens (tertiary/aromatic N) is 6. The van der Waals surface area contributed by atoms with E-state index in [2.05, 4.69) is 38.3 Å². The molecule has 0 radical (unpaired) electrons. The van der Waals surface area contributed by atoms with E-state index < -0.39 is 0 Å². The molecule has 0 bridgehead atoms. The van der Waals surface area contributed by atoms with E-state index in [9.17, 15) is 10.1 Å².